The second kappa shape index (κ2) is 5.92. The van der Waals surface area contributed by atoms with E-state index in [2.05, 4.69) is 20.9 Å². The highest BCUT2D eigenvalue weighted by Gasteiger charge is 2.14. The van der Waals surface area contributed by atoms with Crippen LogP contribution in [0, 0.1) is 5.82 Å². The maximum atomic E-state index is 13.7. The first-order chi connectivity index (χ1) is 8.65. The van der Waals surface area contributed by atoms with Gasteiger partial charge < -0.3 is 15.1 Å². The standard InChI is InChI=1S/C11H12BrFN2O2S/c12-7-5-8(13)10-9(6-7)18-11(14-10)15(1-3-16)2-4-17/h5-6,16-17H,1-4H2. The fourth-order valence-corrected chi connectivity index (χ4v) is 3.28. The zero-order chi connectivity index (χ0) is 13.1. The Morgan fingerprint density at radius 3 is 2.56 bits per heavy atom. The summed E-state index contributed by atoms with van der Waals surface area (Å²) in [6, 6.07) is 3.17. The quantitative estimate of drug-likeness (QED) is 0.877. The van der Waals surface area contributed by atoms with Crippen LogP contribution in [-0.2, 0) is 0 Å². The Bertz CT molecular complexity index is 543. The Hall–Kier alpha value is -0.760. The largest absolute Gasteiger partial charge is 0.395 e. The number of hydrogen-bond acceptors (Lipinski definition) is 5. The van der Waals surface area contributed by atoms with Gasteiger partial charge in [0, 0.05) is 17.6 Å². The van der Waals surface area contributed by atoms with E-state index in [1.807, 2.05) is 0 Å². The molecule has 0 unspecified atom stereocenters. The summed E-state index contributed by atoms with van der Waals surface area (Å²) in [4.78, 5) is 5.95. The summed E-state index contributed by atoms with van der Waals surface area (Å²) in [5.41, 5.74) is 0.319. The van der Waals surface area contributed by atoms with E-state index in [1.165, 1.54) is 17.4 Å². The summed E-state index contributed by atoms with van der Waals surface area (Å²) in [5.74, 6) is -0.380. The van der Waals surface area contributed by atoms with Gasteiger partial charge in [-0.25, -0.2) is 9.37 Å². The molecule has 1 heterocycles. The molecule has 2 N–H and O–H groups in total. The van der Waals surface area contributed by atoms with Gasteiger partial charge in [-0.15, -0.1) is 0 Å². The van der Waals surface area contributed by atoms with Crippen molar-refractivity contribution in [1.29, 1.82) is 0 Å². The average molecular weight is 335 g/mol. The Labute approximate surface area is 116 Å². The summed E-state index contributed by atoms with van der Waals surface area (Å²) >= 11 is 4.57. The van der Waals surface area contributed by atoms with Gasteiger partial charge in [-0.05, 0) is 12.1 Å². The molecule has 0 aliphatic carbocycles. The molecule has 0 aliphatic rings. The van der Waals surface area contributed by atoms with Crippen LogP contribution in [0.1, 0.15) is 0 Å². The molecule has 2 rings (SSSR count). The molecule has 0 saturated carbocycles. The van der Waals surface area contributed by atoms with Crippen LogP contribution in [-0.4, -0.2) is 41.5 Å². The summed E-state index contributed by atoms with van der Waals surface area (Å²) in [6.45, 7) is 0.649. The molecule has 0 fully saturated rings. The lowest BCUT2D eigenvalue weighted by molar-refractivity contribution is 0.281. The Kier molecular flexibility index (Phi) is 4.50. The average Bonchev–Trinajstić information content (AvgIpc) is 2.72. The van der Waals surface area contributed by atoms with Crippen LogP contribution in [0.4, 0.5) is 9.52 Å². The minimum absolute atomic E-state index is 0.0396. The summed E-state index contributed by atoms with van der Waals surface area (Å²) < 4.78 is 15.1. The Balaban J connectivity index is 2.41. The second-order valence-corrected chi connectivity index (χ2v) is 5.59. The molecule has 0 saturated heterocycles. The number of thiazole rings is 1. The van der Waals surface area contributed by atoms with E-state index < -0.39 is 0 Å². The van der Waals surface area contributed by atoms with E-state index in [1.54, 1.807) is 11.0 Å². The number of anilines is 1. The van der Waals surface area contributed by atoms with Crippen LogP contribution in [0.3, 0.4) is 0 Å². The van der Waals surface area contributed by atoms with Crippen molar-refractivity contribution in [3.63, 3.8) is 0 Å². The van der Waals surface area contributed by atoms with E-state index in [4.69, 9.17) is 10.2 Å². The van der Waals surface area contributed by atoms with Crippen molar-refractivity contribution >= 4 is 42.6 Å². The molecule has 0 aliphatic heterocycles. The van der Waals surface area contributed by atoms with Gasteiger partial charge in [0.05, 0.1) is 17.9 Å². The predicted molar refractivity (Wildman–Crippen MR) is 73.7 cm³/mol. The monoisotopic (exact) mass is 334 g/mol. The number of hydrogen-bond donors (Lipinski definition) is 2. The third kappa shape index (κ3) is 2.80. The highest BCUT2D eigenvalue weighted by molar-refractivity contribution is 9.10. The van der Waals surface area contributed by atoms with Gasteiger partial charge >= 0.3 is 0 Å². The van der Waals surface area contributed by atoms with Gasteiger partial charge in [-0.1, -0.05) is 27.3 Å². The van der Waals surface area contributed by atoms with Crippen molar-refractivity contribution in [2.75, 3.05) is 31.2 Å². The summed E-state index contributed by atoms with van der Waals surface area (Å²) in [7, 11) is 0. The predicted octanol–water partition coefficient (Wildman–Crippen LogP) is 1.99. The molecule has 18 heavy (non-hydrogen) atoms. The maximum absolute atomic E-state index is 13.7. The molecule has 4 nitrogen and oxygen atoms in total. The minimum atomic E-state index is -0.380. The van der Waals surface area contributed by atoms with Gasteiger partial charge in [0.2, 0.25) is 0 Å². The third-order valence-electron chi connectivity index (χ3n) is 2.41. The van der Waals surface area contributed by atoms with Crippen LogP contribution in [0.5, 0.6) is 0 Å². The maximum Gasteiger partial charge on any atom is 0.186 e. The highest BCUT2D eigenvalue weighted by Crippen LogP contribution is 2.32. The first kappa shape index (κ1) is 13.7. The molecule has 0 amide bonds. The lowest BCUT2D eigenvalue weighted by Crippen LogP contribution is -2.29. The minimum Gasteiger partial charge on any atom is -0.395 e. The highest BCUT2D eigenvalue weighted by atomic mass is 79.9. The SMILES string of the molecule is OCCN(CCO)c1nc2c(F)cc(Br)cc2s1. The second-order valence-electron chi connectivity index (χ2n) is 3.67. The van der Waals surface area contributed by atoms with Crippen LogP contribution in [0.25, 0.3) is 10.2 Å². The van der Waals surface area contributed by atoms with Crippen LogP contribution >= 0.6 is 27.3 Å². The number of aliphatic hydroxyl groups excluding tert-OH is 2. The topological polar surface area (TPSA) is 56.6 Å². The number of aromatic nitrogens is 1. The molecule has 2 aromatic rings. The van der Waals surface area contributed by atoms with Gasteiger partial charge in [0.25, 0.3) is 0 Å². The number of nitrogens with zero attached hydrogens (tertiary/aromatic N) is 2. The third-order valence-corrected chi connectivity index (χ3v) is 3.93. The van der Waals surface area contributed by atoms with Crippen molar-refractivity contribution in [2.24, 2.45) is 0 Å². The normalized spacial score (nSPS) is 11.1. The first-order valence-electron chi connectivity index (χ1n) is 5.38. The van der Waals surface area contributed by atoms with Crippen molar-refractivity contribution in [2.45, 2.75) is 0 Å². The molecule has 98 valence electrons. The van der Waals surface area contributed by atoms with E-state index in [9.17, 15) is 4.39 Å². The fraction of sp³-hybridized carbons (Fsp3) is 0.364. The number of benzene rings is 1. The smallest absolute Gasteiger partial charge is 0.186 e. The zero-order valence-corrected chi connectivity index (χ0v) is 11.8. The van der Waals surface area contributed by atoms with Gasteiger partial charge in [-0.3, -0.25) is 0 Å². The van der Waals surface area contributed by atoms with Gasteiger partial charge in [0.1, 0.15) is 5.52 Å². The molecule has 7 heteroatoms. The zero-order valence-electron chi connectivity index (χ0n) is 9.44. The number of fused-ring (bicyclic) bond motifs is 1. The van der Waals surface area contributed by atoms with E-state index in [0.717, 1.165) is 4.70 Å². The first-order valence-corrected chi connectivity index (χ1v) is 6.99. The van der Waals surface area contributed by atoms with Crippen LogP contribution in [0.2, 0.25) is 0 Å². The van der Waals surface area contributed by atoms with Crippen molar-refractivity contribution in [3.05, 3.63) is 22.4 Å². The van der Waals surface area contributed by atoms with E-state index >= 15 is 0 Å². The molecule has 0 radical (unpaired) electrons. The molecule has 1 aromatic carbocycles. The van der Waals surface area contributed by atoms with E-state index in [-0.39, 0.29) is 19.0 Å². The van der Waals surface area contributed by atoms with E-state index in [0.29, 0.717) is 28.2 Å². The fourth-order valence-electron chi connectivity index (χ4n) is 1.63. The number of rotatable bonds is 5. The number of aliphatic hydroxyl groups is 2. The molecule has 0 atom stereocenters. The lowest BCUT2D eigenvalue weighted by Gasteiger charge is -2.18. The molecule has 0 bridgehead atoms. The molecular formula is C11H12BrFN2O2S. The molecular weight excluding hydrogens is 323 g/mol. The van der Waals surface area contributed by atoms with Crippen molar-refractivity contribution in [3.8, 4) is 0 Å². The Morgan fingerprint density at radius 2 is 1.94 bits per heavy atom. The van der Waals surface area contributed by atoms with Crippen molar-refractivity contribution < 1.29 is 14.6 Å². The lowest BCUT2D eigenvalue weighted by atomic mass is 10.3. The summed E-state index contributed by atoms with van der Waals surface area (Å²) in [5, 5.41) is 18.5. The van der Waals surface area contributed by atoms with Gasteiger partial charge in [-0.2, -0.15) is 0 Å². The van der Waals surface area contributed by atoms with Crippen molar-refractivity contribution in [1.82, 2.24) is 4.98 Å². The summed E-state index contributed by atoms with van der Waals surface area (Å²) in [6.07, 6.45) is 0. The number of halogens is 2. The van der Waals surface area contributed by atoms with Crippen LogP contribution < -0.4 is 4.90 Å². The molecule has 0 spiro atoms. The van der Waals surface area contributed by atoms with Crippen LogP contribution in [0.15, 0.2) is 16.6 Å². The van der Waals surface area contributed by atoms with Gasteiger partial charge in [0.15, 0.2) is 10.9 Å². The Morgan fingerprint density at radius 1 is 1.28 bits per heavy atom. The molecule has 1 aromatic heterocycles.